The molecule has 61 heavy (non-hydrogen) atoms. The zero-order valence-corrected chi connectivity index (χ0v) is 34.4. The van der Waals surface area contributed by atoms with E-state index in [0.29, 0.717) is 0 Å². The standard InChI is InChI=1S/C58H38N2S/c1-36(41-32-33-48-43-18-7-6-17-42(43)47-22-14-21-46(41)55(47)48)60-57(39-29-27-38(28-30-39)37-15-4-3-5-16-37)56(59-2)40-31-34-54-52(35-40)58(51-25-12-13-26-53(51)61-54)49-23-10-8-19-44(49)45-20-9-11-24-50(45)58/h3-35H,2H2,1H3/b57-56-,60-36?. The van der Waals surface area contributed by atoms with Crippen LogP contribution in [0.15, 0.2) is 220 Å². The number of fused-ring (bicyclic) bond motifs is 12. The SMILES string of the molecule is C=N/C(=C(\N=C(C)c1ccc2c3c(cccc13)-c1ccccc1-2)c1ccc(-c2ccccc2)cc1)c1ccc2c(c1)C1(c3ccccc3S2)c2ccccc2-c2ccccc21. The average Bonchev–Trinajstić information content (AvgIpc) is 3.81. The Labute approximate surface area is 360 Å². The molecule has 3 aliphatic rings. The lowest BCUT2D eigenvalue weighted by Crippen LogP contribution is -2.32. The first-order valence-electron chi connectivity index (χ1n) is 20.8. The minimum atomic E-state index is -0.508. The molecule has 12 rings (SSSR count). The topological polar surface area (TPSA) is 24.7 Å². The summed E-state index contributed by atoms with van der Waals surface area (Å²) in [6.07, 6.45) is 0. The van der Waals surface area contributed by atoms with Crippen LogP contribution in [0.3, 0.4) is 0 Å². The molecular formula is C58H38N2S. The van der Waals surface area contributed by atoms with Gasteiger partial charge >= 0.3 is 0 Å². The van der Waals surface area contributed by atoms with Crippen molar-refractivity contribution in [1.82, 2.24) is 0 Å². The number of hydrogen-bond donors (Lipinski definition) is 0. The van der Waals surface area contributed by atoms with Crippen molar-refractivity contribution < 1.29 is 0 Å². The third kappa shape index (κ3) is 5.24. The van der Waals surface area contributed by atoms with E-state index in [1.165, 1.54) is 81.8 Å². The van der Waals surface area contributed by atoms with Crippen LogP contribution in [0.25, 0.3) is 66.7 Å². The Bertz CT molecular complexity index is 3280. The van der Waals surface area contributed by atoms with E-state index in [1.54, 1.807) is 0 Å². The summed E-state index contributed by atoms with van der Waals surface area (Å²) < 4.78 is 0. The summed E-state index contributed by atoms with van der Waals surface area (Å²) in [4.78, 5) is 13.0. The van der Waals surface area contributed by atoms with Crippen molar-refractivity contribution in [2.24, 2.45) is 9.98 Å². The van der Waals surface area contributed by atoms with Crippen LogP contribution in [-0.2, 0) is 5.41 Å². The van der Waals surface area contributed by atoms with Crippen LogP contribution < -0.4 is 0 Å². The van der Waals surface area contributed by atoms with Crippen molar-refractivity contribution in [3.8, 4) is 44.5 Å². The minimum absolute atomic E-state index is 0.508. The Kier molecular flexibility index (Phi) is 8.10. The van der Waals surface area contributed by atoms with E-state index in [1.807, 2.05) is 11.8 Å². The molecule has 1 spiro atoms. The number of rotatable bonds is 6. The first-order valence-corrected chi connectivity index (χ1v) is 21.6. The molecule has 2 nitrogen and oxygen atoms in total. The highest BCUT2D eigenvalue weighted by atomic mass is 32.2. The normalized spacial score (nSPS) is 14.1. The Morgan fingerprint density at radius 1 is 0.443 bits per heavy atom. The number of hydrogen-bond acceptors (Lipinski definition) is 3. The Balaban J connectivity index is 1.09. The van der Waals surface area contributed by atoms with Gasteiger partial charge in [0.1, 0.15) is 0 Å². The lowest BCUT2D eigenvalue weighted by atomic mass is 9.67. The molecule has 0 N–H and O–H groups in total. The summed E-state index contributed by atoms with van der Waals surface area (Å²) in [6.45, 7) is 6.39. The van der Waals surface area contributed by atoms with Gasteiger partial charge in [0.15, 0.2) is 0 Å². The molecule has 1 aliphatic heterocycles. The van der Waals surface area contributed by atoms with Crippen LogP contribution in [0, 0.1) is 0 Å². The van der Waals surface area contributed by atoms with E-state index in [-0.39, 0.29) is 0 Å². The third-order valence-electron chi connectivity index (χ3n) is 13.0. The first kappa shape index (κ1) is 35.6. The van der Waals surface area contributed by atoms with Crippen LogP contribution >= 0.6 is 11.8 Å². The molecule has 1 heterocycles. The minimum Gasteiger partial charge on any atom is -0.262 e. The van der Waals surface area contributed by atoms with E-state index in [0.717, 1.165) is 39.4 Å². The van der Waals surface area contributed by atoms with Gasteiger partial charge in [0.25, 0.3) is 0 Å². The van der Waals surface area contributed by atoms with E-state index in [4.69, 9.17) is 9.98 Å². The average molecular weight is 795 g/mol. The monoisotopic (exact) mass is 794 g/mol. The molecule has 0 bridgehead atoms. The van der Waals surface area contributed by atoms with Crippen molar-refractivity contribution in [1.29, 1.82) is 0 Å². The van der Waals surface area contributed by atoms with Gasteiger partial charge in [0, 0.05) is 32.2 Å². The van der Waals surface area contributed by atoms with E-state index >= 15 is 0 Å². The molecule has 0 atom stereocenters. The second kappa shape index (κ2) is 13.9. The van der Waals surface area contributed by atoms with E-state index in [2.05, 4.69) is 214 Å². The summed E-state index contributed by atoms with van der Waals surface area (Å²) in [7, 11) is 0. The fourth-order valence-corrected chi connectivity index (χ4v) is 11.5. The van der Waals surface area contributed by atoms with Gasteiger partial charge in [-0.2, -0.15) is 0 Å². The molecule has 9 aromatic carbocycles. The molecule has 2 aliphatic carbocycles. The largest absolute Gasteiger partial charge is 0.262 e. The van der Waals surface area contributed by atoms with Crippen molar-refractivity contribution in [2.75, 3.05) is 0 Å². The molecular weight excluding hydrogens is 757 g/mol. The maximum absolute atomic E-state index is 5.61. The summed E-state index contributed by atoms with van der Waals surface area (Å²) in [5.74, 6) is 0. The van der Waals surface area contributed by atoms with Gasteiger partial charge < -0.3 is 0 Å². The molecule has 286 valence electrons. The molecule has 9 aromatic rings. The van der Waals surface area contributed by atoms with Crippen molar-refractivity contribution >= 4 is 46.4 Å². The fraction of sp³-hybridized carbons (Fsp3) is 0.0345. The number of aliphatic imine (C=N–C) groups is 2. The molecule has 3 heteroatoms. The van der Waals surface area contributed by atoms with Crippen molar-refractivity contribution in [3.05, 3.63) is 239 Å². The summed E-state index contributed by atoms with van der Waals surface area (Å²) >= 11 is 1.85. The third-order valence-corrected chi connectivity index (χ3v) is 14.1. The lowest BCUT2D eigenvalue weighted by Gasteiger charge is -2.40. The van der Waals surface area contributed by atoms with Gasteiger partial charge in [-0.3, -0.25) is 9.98 Å². The Hall–Kier alpha value is -7.33. The van der Waals surface area contributed by atoms with E-state index < -0.39 is 5.41 Å². The maximum atomic E-state index is 5.61. The molecule has 0 saturated heterocycles. The van der Waals surface area contributed by atoms with E-state index in [9.17, 15) is 0 Å². The van der Waals surface area contributed by atoms with Crippen LogP contribution in [0.2, 0.25) is 0 Å². The van der Waals surface area contributed by atoms with Gasteiger partial charge in [-0.1, -0.05) is 194 Å². The van der Waals surface area contributed by atoms with Crippen LogP contribution in [0.4, 0.5) is 0 Å². The highest BCUT2D eigenvalue weighted by molar-refractivity contribution is 7.99. The van der Waals surface area contributed by atoms with Gasteiger partial charge in [0.2, 0.25) is 0 Å². The smallest absolute Gasteiger partial charge is 0.0967 e. The molecule has 0 fully saturated rings. The molecule has 0 saturated carbocycles. The van der Waals surface area contributed by atoms with Gasteiger partial charge in [-0.15, -0.1) is 0 Å². The molecule has 0 aromatic heterocycles. The van der Waals surface area contributed by atoms with Gasteiger partial charge in [-0.25, -0.2) is 0 Å². The molecule has 0 radical (unpaired) electrons. The molecule has 0 unspecified atom stereocenters. The van der Waals surface area contributed by atoms with Crippen LogP contribution in [0.5, 0.6) is 0 Å². The van der Waals surface area contributed by atoms with Crippen LogP contribution in [-0.4, -0.2) is 12.4 Å². The fourth-order valence-electron chi connectivity index (χ4n) is 10.4. The van der Waals surface area contributed by atoms with Crippen LogP contribution in [0.1, 0.15) is 45.9 Å². The quantitative estimate of drug-likeness (QED) is 0.122. The van der Waals surface area contributed by atoms with Crippen molar-refractivity contribution in [3.63, 3.8) is 0 Å². The zero-order valence-electron chi connectivity index (χ0n) is 33.6. The maximum Gasteiger partial charge on any atom is 0.0967 e. The summed E-state index contributed by atoms with van der Waals surface area (Å²) in [5, 5.41) is 2.48. The Morgan fingerprint density at radius 3 is 1.70 bits per heavy atom. The second-order valence-corrected chi connectivity index (χ2v) is 17.2. The van der Waals surface area contributed by atoms with Gasteiger partial charge in [-0.05, 0) is 109 Å². The first-order chi connectivity index (χ1) is 30.1. The predicted molar refractivity (Wildman–Crippen MR) is 257 cm³/mol. The summed E-state index contributed by atoms with van der Waals surface area (Å²) in [5.41, 5.74) is 20.1. The zero-order chi connectivity index (χ0) is 40.7. The lowest BCUT2D eigenvalue weighted by molar-refractivity contribution is 0.722. The number of benzene rings is 9. The number of nitrogens with zero attached hydrogens (tertiary/aromatic N) is 2. The predicted octanol–water partition coefficient (Wildman–Crippen LogP) is 15.0. The van der Waals surface area contributed by atoms with Crippen molar-refractivity contribution in [2.45, 2.75) is 22.1 Å². The highest BCUT2D eigenvalue weighted by Gasteiger charge is 2.50. The second-order valence-electron chi connectivity index (χ2n) is 16.1. The highest BCUT2D eigenvalue weighted by Crippen LogP contribution is 2.62. The Morgan fingerprint density at radius 2 is 1.00 bits per heavy atom. The molecule has 0 amide bonds. The van der Waals surface area contributed by atoms with Gasteiger partial charge in [0.05, 0.1) is 16.8 Å². The summed E-state index contributed by atoms with van der Waals surface area (Å²) in [6, 6.07) is 72.9.